The van der Waals surface area contributed by atoms with Gasteiger partial charge in [0.1, 0.15) is 11.9 Å². The van der Waals surface area contributed by atoms with Crippen molar-refractivity contribution >= 4 is 0 Å². The molecule has 0 aliphatic carbocycles. The minimum absolute atomic E-state index is 0.307. The number of hydrogen-bond acceptors (Lipinski definition) is 3. The molecule has 1 aromatic rings. The second-order valence-electron chi connectivity index (χ2n) is 3.44. The summed E-state index contributed by atoms with van der Waals surface area (Å²) in [6.45, 7) is 2.00. The normalized spacial score (nSPS) is 14.9. The standard InChI is InChI=1S/C11H16FNO2/c1-3-4-10(15-2)11(14)8-5-9(12)7-13-6-8/h5-7,10-11,14H,3-4H2,1-2H3. The number of rotatable bonds is 5. The fourth-order valence-electron chi connectivity index (χ4n) is 1.49. The summed E-state index contributed by atoms with van der Waals surface area (Å²) in [5.41, 5.74) is 0.454. The molecule has 2 unspecified atom stereocenters. The maximum absolute atomic E-state index is 12.9. The molecule has 0 aliphatic heterocycles. The van der Waals surface area contributed by atoms with E-state index in [-0.39, 0.29) is 6.10 Å². The van der Waals surface area contributed by atoms with Gasteiger partial charge in [-0.25, -0.2) is 4.39 Å². The zero-order valence-corrected chi connectivity index (χ0v) is 8.98. The van der Waals surface area contributed by atoms with Crippen molar-refractivity contribution < 1.29 is 14.2 Å². The van der Waals surface area contributed by atoms with E-state index in [4.69, 9.17) is 4.74 Å². The Kier molecular flexibility index (Phi) is 4.65. The number of methoxy groups -OCH3 is 1. The molecule has 84 valence electrons. The van der Waals surface area contributed by atoms with Gasteiger partial charge in [-0.05, 0) is 12.5 Å². The van der Waals surface area contributed by atoms with Crippen LogP contribution in [0.4, 0.5) is 4.39 Å². The Morgan fingerprint density at radius 3 is 2.80 bits per heavy atom. The maximum atomic E-state index is 12.9. The third-order valence-electron chi connectivity index (χ3n) is 2.30. The van der Waals surface area contributed by atoms with Gasteiger partial charge in [0, 0.05) is 18.9 Å². The maximum Gasteiger partial charge on any atom is 0.141 e. The van der Waals surface area contributed by atoms with E-state index < -0.39 is 11.9 Å². The molecular formula is C11H16FNO2. The first-order valence-electron chi connectivity index (χ1n) is 5.00. The molecule has 0 saturated heterocycles. The Labute approximate surface area is 88.9 Å². The number of aliphatic hydroxyl groups excluding tert-OH is 1. The van der Waals surface area contributed by atoms with E-state index in [0.29, 0.717) is 5.56 Å². The Bertz CT molecular complexity index is 306. The van der Waals surface area contributed by atoms with E-state index in [2.05, 4.69) is 4.98 Å². The van der Waals surface area contributed by atoms with E-state index in [1.807, 2.05) is 6.92 Å². The highest BCUT2D eigenvalue weighted by Gasteiger charge is 2.20. The van der Waals surface area contributed by atoms with Gasteiger partial charge >= 0.3 is 0 Å². The quantitative estimate of drug-likeness (QED) is 0.814. The van der Waals surface area contributed by atoms with Crippen LogP contribution in [-0.2, 0) is 4.74 Å². The summed E-state index contributed by atoms with van der Waals surface area (Å²) in [7, 11) is 1.54. The van der Waals surface area contributed by atoms with Crippen LogP contribution in [0.25, 0.3) is 0 Å². The monoisotopic (exact) mass is 213 g/mol. The number of halogens is 1. The first-order chi connectivity index (χ1) is 7.19. The van der Waals surface area contributed by atoms with Crippen molar-refractivity contribution in [3.8, 4) is 0 Å². The third kappa shape index (κ3) is 3.25. The van der Waals surface area contributed by atoms with Crippen molar-refractivity contribution in [1.82, 2.24) is 4.98 Å². The van der Waals surface area contributed by atoms with Crippen LogP contribution in [0, 0.1) is 5.82 Å². The first-order valence-corrected chi connectivity index (χ1v) is 5.00. The van der Waals surface area contributed by atoms with Crippen LogP contribution in [0.3, 0.4) is 0 Å². The molecule has 4 heteroatoms. The van der Waals surface area contributed by atoms with Crippen LogP contribution >= 0.6 is 0 Å². The highest BCUT2D eigenvalue weighted by atomic mass is 19.1. The van der Waals surface area contributed by atoms with Gasteiger partial charge in [0.05, 0.1) is 12.3 Å². The number of pyridine rings is 1. The number of ether oxygens (including phenoxy) is 1. The predicted octanol–water partition coefficient (Wildman–Crippen LogP) is 2.07. The summed E-state index contributed by atoms with van der Waals surface area (Å²) in [4.78, 5) is 3.69. The van der Waals surface area contributed by atoms with Crippen molar-refractivity contribution in [3.05, 3.63) is 29.8 Å². The lowest BCUT2D eigenvalue weighted by molar-refractivity contribution is -0.0182. The molecule has 0 spiro atoms. The van der Waals surface area contributed by atoms with Gasteiger partial charge in [0.25, 0.3) is 0 Å². The zero-order valence-electron chi connectivity index (χ0n) is 8.98. The summed E-state index contributed by atoms with van der Waals surface area (Å²) in [6.07, 6.45) is 3.07. The first kappa shape index (κ1) is 12.1. The molecular weight excluding hydrogens is 197 g/mol. The molecule has 0 aromatic carbocycles. The third-order valence-corrected chi connectivity index (χ3v) is 2.30. The molecule has 1 aromatic heterocycles. The highest BCUT2D eigenvalue weighted by molar-refractivity contribution is 5.14. The molecule has 0 aliphatic rings. The molecule has 0 amide bonds. The average molecular weight is 213 g/mol. The second kappa shape index (κ2) is 5.78. The molecule has 1 rings (SSSR count). The molecule has 0 radical (unpaired) electrons. The summed E-state index contributed by atoms with van der Waals surface area (Å²) in [5.74, 6) is -0.446. The van der Waals surface area contributed by atoms with E-state index in [1.165, 1.54) is 19.4 Å². The fraction of sp³-hybridized carbons (Fsp3) is 0.545. The van der Waals surface area contributed by atoms with Gasteiger partial charge in [-0.2, -0.15) is 0 Å². The second-order valence-corrected chi connectivity index (χ2v) is 3.44. The smallest absolute Gasteiger partial charge is 0.141 e. The van der Waals surface area contributed by atoms with Gasteiger partial charge < -0.3 is 9.84 Å². The molecule has 0 saturated carbocycles. The molecule has 2 atom stereocenters. The van der Waals surface area contributed by atoms with Crippen molar-refractivity contribution in [2.24, 2.45) is 0 Å². The van der Waals surface area contributed by atoms with E-state index in [9.17, 15) is 9.50 Å². The fourth-order valence-corrected chi connectivity index (χ4v) is 1.49. The van der Waals surface area contributed by atoms with E-state index >= 15 is 0 Å². The van der Waals surface area contributed by atoms with E-state index in [1.54, 1.807) is 0 Å². The van der Waals surface area contributed by atoms with Crippen LogP contribution < -0.4 is 0 Å². The van der Waals surface area contributed by atoms with Crippen LogP contribution in [0.1, 0.15) is 31.4 Å². The van der Waals surface area contributed by atoms with Crippen LogP contribution in [0.15, 0.2) is 18.5 Å². The van der Waals surface area contributed by atoms with Crippen molar-refractivity contribution in [2.75, 3.05) is 7.11 Å². The van der Waals surface area contributed by atoms with Crippen molar-refractivity contribution in [3.63, 3.8) is 0 Å². The van der Waals surface area contributed by atoms with Gasteiger partial charge in [-0.1, -0.05) is 13.3 Å². The van der Waals surface area contributed by atoms with Gasteiger partial charge in [-0.15, -0.1) is 0 Å². The minimum Gasteiger partial charge on any atom is -0.386 e. The summed E-state index contributed by atoms with van der Waals surface area (Å²) in [5, 5.41) is 9.90. The average Bonchev–Trinajstić information content (AvgIpc) is 2.25. The number of hydrogen-bond donors (Lipinski definition) is 1. The Hall–Kier alpha value is -1.00. The lowest BCUT2D eigenvalue weighted by Crippen LogP contribution is -2.20. The molecule has 3 nitrogen and oxygen atoms in total. The Morgan fingerprint density at radius 1 is 1.53 bits per heavy atom. The number of aliphatic hydroxyl groups is 1. The molecule has 0 bridgehead atoms. The van der Waals surface area contributed by atoms with Crippen LogP contribution in [0.2, 0.25) is 0 Å². The molecule has 15 heavy (non-hydrogen) atoms. The highest BCUT2D eigenvalue weighted by Crippen LogP contribution is 2.21. The molecule has 1 N–H and O–H groups in total. The lowest BCUT2D eigenvalue weighted by Gasteiger charge is -2.21. The Balaban J connectivity index is 2.77. The molecule has 1 heterocycles. The summed E-state index contributed by atoms with van der Waals surface area (Å²) < 4.78 is 18.0. The predicted molar refractivity (Wildman–Crippen MR) is 54.9 cm³/mol. The van der Waals surface area contributed by atoms with Gasteiger partial charge in [0.2, 0.25) is 0 Å². The zero-order chi connectivity index (χ0) is 11.3. The summed E-state index contributed by atoms with van der Waals surface area (Å²) in [6, 6.07) is 1.28. The topological polar surface area (TPSA) is 42.4 Å². The van der Waals surface area contributed by atoms with E-state index in [0.717, 1.165) is 19.0 Å². The minimum atomic E-state index is -0.821. The largest absolute Gasteiger partial charge is 0.386 e. The van der Waals surface area contributed by atoms with Crippen molar-refractivity contribution in [1.29, 1.82) is 0 Å². The Morgan fingerprint density at radius 2 is 2.27 bits per heavy atom. The lowest BCUT2D eigenvalue weighted by atomic mass is 10.0. The number of aromatic nitrogens is 1. The van der Waals surface area contributed by atoms with Crippen LogP contribution in [-0.4, -0.2) is 23.3 Å². The van der Waals surface area contributed by atoms with Gasteiger partial charge in [-0.3, -0.25) is 4.98 Å². The number of nitrogens with zero attached hydrogens (tertiary/aromatic N) is 1. The SMILES string of the molecule is CCCC(OC)C(O)c1cncc(F)c1. The van der Waals surface area contributed by atoms with Crippen LogP contribution in [0.5, 0.6) is 0 Å². The van der Waals surface area contributed by atoms with Crippen molar-refractivity contribution in [2.45, 2.75) is 32.0 Å². The van der Waals surface area contributed by atoms with Gasteiger partial charge in [0.15, 0.2) is 0 Å². The summed E-state index contributed by atoms with van der Waals surface area (Å²) >= 11 is 0. The molecule has 0 fully saturated rings.